The van der Waals surface area contributed by atoms with Gasteiger partial charge in [0.15, 0.2) is 0 Å². The zero-order valence-electron chi connectivity index (χ0n) is 12.1. The minimum atomic E-state index is 1.23. The maximum atomic E-state index is 2.42. The van der Waals surface area contributed by atoms with E-state index in [9.17, 15) is 0 Å². The Hall–Kier alpha value is -0.500. The van der Waals surface area contributed by atoms with Gasteiger partial charge >= 0.3 is 0 Å². The number of nitrogens with zero attached hydrogens (tertiary/aromatic N) is 2. The van der Waals surface area contributed by atoms with Crippen LogP contribution in [0.15, 0.2) is 36.4 Å². The van der Waals surface area contributed by atoms with E-state index in [0.717, 1.165) is 0 Å². The standard InChI is InChI=1S/C16H18I2N2/c1-19(2)11-5-7-13(15(17)9-11)14-8-6-12(20(3)4)10-16(14)18/h5-10H,1-4H3. The van der Waals surface area contributed by atoms with E-state index in [2.05, 4.69) is 120 Å². The number of benzene rings is 2. The number of hydrogen-bond donors (Lipinski definition) is 0. The van der Waals surface area contributed by atoms with Gasteiger partial charge < -0.3 is 9.80 Å². The fourth-order valence-corrected chi connectivity index (χ4v) is 3.58. The largest absolute Gasteiger partial charge is 0.378 e. The molecule has 0 aliphatic rings. The summed E-state index contributed by atoms with van der Waals surface area (Å²) in [4.78, 5) is 4.26. The van der Waals surface area contributed by atoms with Crippen molar-refractivity contribution < 1.29 is 0 Å². The van der Waals surface area contributed by atoms with E-state index in [1.54, 1.807) is 0 Å². The fourth-order valence-electron chi connectivity index (χ4n) is 2.00. The average Bonchev–Trinajstić information content (AvgIpc) is 2.38. The third kappa shape index (κ3) is 3.39. The minimum Gasteiger partial charge on any atom is -0.378 e. The first-order valence-corrected chi connectivity index (χ1v) is 8.50. The van der Waals surface area contributed by atoms with E-state index in [0.29, 0.717) is 0 Å². The summed E-state index contributed by atoms with van der Waals surface area (Å²) in [5.74, 6) is 0. The molecule has 0 amide bonds. The highest BCUT2D eigenvalue weighted by Crippen LogP contribution is 2.33. The zero-order valence-corrected chi connectivity index (χ0v) is 16.4. The predicted octanol–water partition coefficient (Wildman–Crippen LogP) is 4.69. The number of hydrogen-bond acceptors (Lipinski definition) is 2. The van der Waals surface area contributed by atoms with Crippen molar-refractivity contribution in [3.63, 3.8) is 0 Å². The molecule has 0 radical (unpaired) electrons. The summed E-state index contributed by atoms with van der Waals surface area (Å²) in [6.45, 7) is 0. The summed E-state index contributed by atoms with van der Waals surface area (Å²) >= 11 is 4.84. The van der Waals surface area contributed by atoms with E-state index >= 15 is 0 Å². The molecular formula is C16H18I2N2. The quantitative estimate of drug-likeness (QED) is 0.574. The second-order valence-electron chi connectivity index (χ2n) is 5.12. The second kappa shape index (κ2) is 6.51. The molecule has 2 aromatic rings. The Morgan fingerprint density at radius 2 is 1.00 bits per heavy atom. The topological polar surface area (TPSA) is 6.48 Å². The van der Waals surface area contributed by atoms with Gasteiger partial charge in [0, 0.05) is 46.7 Å². The molecule has 2 aromatic carbocycles. The van der Waals surface area contributed by atoms with E-state index in [1.165, 1.54) is 29.6 Å². The van der Waals surface area contributed by atoms with Gasteiger partial charge in [-0.05, 0) is 80.6 Å². The van der Waals surface area contributed by atoms with Crippen LogP contribution in [0.5, 0.6) is 0 Å². The number of rotatable bonds is 3. The number of anilines is 2. The molecule has 0 aromatic heterocycles. The van der Waals surface area contributed by atoms with Gasteiger partial charge in [0.05, 0.1) is 0 Å². The normalized spacial score (nSPS) is 10.5. The monoisotopic (exact) mass is 492 g/mol. The minimum absolute atomic E-state index is 1.23. The Labute approximate surface area is 148 Å². The smallest absolute Gasteiger partial charge is 0.0372 e. The molecule has 2 nitrogen and oxygen atoms in total. The van der Waals surface area contributed by atoms with Gasteiger partial charge in [-0.15, -0.1) is 0 Å². The lowest BCUT2D eigenvalue weighted by molar-refractivity contribution is 1.13. The Kier molecular flexibility index (Phi) is 5.17. The van der Waals surface area contributed by atoms with Crippen molar-refractivity contribution in [2.24, 2.45) is 0 Å². The maximum absolute atomic E-state index is 2.42. The first-order valence-electron chi connectivity index (χ1n) is 6.34. The van der Waals surface area contributed by atoms with Crippen LogP contribution in [0.1, 0.15) is 0 Å². The number of halogens is 2. The first-order chi connectivity index (χ1) is 9.40. The molecule has 0 saturated carbocycles. The van der Waals surface area contributed by atoms with Crippen LogP contribution in [-0.2, 0) is 0 Å². The van der Waals surface area contributed by atoms with E-state index in [1.807, 2.05) is 0 Å². The zero-order chi connectivity index (χ0) is 14.9. The molecule has 0 saturated heterocycles. The summed E-state index contributed by atoms with van der Waals surface area (Å²) in [6, 6.07) is 13.2. The lowest BCUT2D eigenvalue weighted by atomic mass is 10.0. The lowest BCUT2D eigenvalue weighted by Gasteiger charge is -2.17. The molecule has 0 aliphatic carbocycles. The van der Waals surface area contributed by atoms with Crippen molar-refractivity contribution in [1.29, 1.82) is 0 Å². The van der Waals surface area contributed by atoms with Crippen molar-refractivity contribution >= 4 is 56.6 Å². The molecule has 106 valence electrons. The van der Waals surface area contributed by atoms with Crippen LogP contribution < -0.4 is 9.80 Å². The highest BCUT2D eigenvalue weighted by Gasteiger charge is 2.09. The van der Waals surface area contributed by atoms with Crippen LogP contribution >= 0.6 is 45.2 Å². The van der Waals surface area contributed by atoms with Crippen LogP contribution in [0, 0.1) is 7.14 Å². The summed E-state index contributed by atoms with van der Waals surface area (Å²) in [6.07, 6.45) is 0. The van der Waals surface area contributed by atoms with Gasteiger partial charge in [0.1, 0.15) is 0 Å². The van der Waals surface area contributed by atoms with Crippen LogP contribution in [0.2, 0.25) is 0 Å². The SMILES string of the molecule is CN(C)c1ccc(-c2ccc(N(C)C)cc2I)c(I)c1. The molecule has 0 fully saturated rings. The van der Waals surface area contributed by atoms with Gasteiger partial charge in [0.2, 0.25) is 0 Å². The van der Waals surface area contributed by atoms with Crippen molar-refractivity contribution in [2.45, 2.75) is 0 Å². The molecule has 0 unspecified atom stereocenters. The highest BCUT2D eigenvalue weighted by atomic mass is 127. The summed E-state index contributed by atoms with van der Waals surface area (Å²) in [5.41, 5.74) is 5.06. The Morgan fingerprint density at radius 3 is 1.25 bits per heavy atom. The van der Waals surface area contributed by atoms with Crippen LogP contribution in [-0.4, -0.2) is 28.2 Å². The van der Waals surface area contributed by atoms with Gasteiger partial charge in [-0.2, -0.15) is 0 Å². The fraction of sp³-hybridized carbons (Fsp3) is 0.250. The summed E-state index contributed by atoms with van der Waals surface area (Å²) in [5, 5.41) is 0. The summed E-state index contributed by atoms with van der Waals surface area (Å²) < 4.78 is 2.56. The molecule has 4 heteroatoms. The molecule has 20 heavy (non-hydrogen) atoms. The van der Waals surface area contributed by atoms with Crippen LogP contribution in [0.4, 0.5) is 11.4 Å². The van der Waals surface area contributed by atoms with Crippen molar-refractivity contribution in [2.75, 3.05) is 38.0 Å². The molecule has 0 heterocycles. The van der Waals surface area contributed by atoms with Gasteiger partial charge in [-0.25, -0.2) is 0 Å². The average molecular weight is 492 g/mol. The maximum Gasteiger partial charge on any atom is 0.0372 e. The molecule has 0 N–H and O–H groups in total. The summed E-state index contributed by atoms with van der Waals surface area (Å²) in [7, 11) is 8.28. The van der Waals surface area contributed by atoms with Crippen LogP contribution in [0.25, 0.3) is 11.1 Å². The lowest BCUT2D eigenvalue weighted by Crippen LogP contribution is -2.09. The molecule has 2 rings (SSSR count). The predicted molar refractivity (Wildman–Crippen MR) is 106 cm³/mol. The third-order valence-corrected chi connectivity index (χ3v) is 5.01. The second-order valence-corrected chi connectivity index (χ2v) is 7.44. The Bertz CT molecular complexity index is 566. The molecule has 0 aliphatic heterocycles. The highest BCUT2D eigenvalue weighted by molar-refractivity contribution is 14.1. The van der Waals surface area contributed by atoms with Crippen molar-refractivity contribution in [1.82, 2.24) is 0 Å². The van der Waals surface area contributed by atoms with Gasteiger partial charge in [-0.3, -0.25) is 0 Å². The Morgan fingerprint density at radius 1 is 0.650 bits per heavy atom. The van der Waals surface area contributed by atoms with E-state index < -0.39 is 0 Å². The van der Waals surface area contributed by atoms with Gasteiger partial charge in [0.25, 0.3) is 0 Å². The van der Waals surface area contributed by atoms with E-state index in [4.69, 9.17) is 0 Å². The molecule has 0 spiro atoms. The molecule has 0 atom stereocenters. The first kappa shape index (κ1) is 15.9. The Balaban J connectivity index is 2.46. The van der Waals surface area contributed by atoms with E-state index in [-0.39, 0.29) is 0 Å². The van der Waals surface area contributed by atoms with Crippen LogP contribution in [0.3, 0.4) is 0 Å². The molecular weight excluding hydrogens is 474 g/mol. The van der Waals surface area contributed by atoms with Crippen molar-refractivity contribution in [3.8, 4) is 11.1 Å². The van der Waals surface area contributed by atoms with Crippen molar-refractivity contribution in [3.05, 3.63) is 43.5 Å². The third-order valence-electron chi connectivity index (χ3n) is 3.23. The van der Waals surface area contributed by atoms with Gasteiger partial charge in [-0.1, -0.05) is 12.1 Å². The molecule has 0 bridgehead atoms.